The number of benzene rings is 1. The van der Waals surface area contributed by atoms with Gasteiger partial charge in [-0.15, -0.1) is 0 Å². The number of fused-ring (bicyclic) bond motifs is 1. The third-order valence-electron chi connectivity index (χ3n) is 4.34. The van der Waals surface area contributed by atoms with Crippen LogP contribution in [0.4, 0.5) is 0 Å². The van der Waals surface area contributed by atoms with Crippen LogP contribution in [-0.4, -0.2) is 37.7 Å². The van der Waals surface area contributed by atoms with E-state index >= 15 is 0 Å². The summed E-state index contributed by atoms with van der Waals surface area (Å²) in [5.41, 5.74) is 5.77. The minimum absolute atomic E-state index is 0.0716. The van der Waals surface area contributed by atoms with E-state index in [2.05, 4.69) is 5.32 Å². The van der Waals surface area contributed by atoms with Gasteiger partial charge in [-0.25, -0.2) is 4.79 Å². The molecule has 2 heterocycles. The zero-order chi connectivity index (χ0) is 18.7. The van der Waals surface area contributed by atoms with Crippen LogP contribution in [0.2, 0.25) is 0 Å². The lowest BCUT2D eigenvalue weighted by Gasteiger charge is -2.18. The molecule has 1 aliphatic rings. The van der Waals surface area contributed by atoms with Crippen molar-refractivity contribution in [2.75, 3.05) is 13.7 Å². The Morgan fingerprint density at radius 1 is 1.38 bits per heavy atom. The van der Waals surface area contributed by atoms with Gasteiger partial charge in [0, 0.05) is 30.5 Å². The molecule has 0 saturated carbocycles. The summed E-state index contributed by atoms with van der Waals surface area (Å²) in [7, 11) is 1.51. The van der Waals surface area contributed by atoms with Crippen LogP contribution in [-0.2, 0) is 20.7 Å². The molecule has 2 aromatic rings. The number of carbonyl (C=O) groups excluding carboxylic acids is 2. The number of methoxy groups -OCH3 is 1. The highest BCUT2D eigenvalue weighted by Crippen LogP contribution is 2.23. The molecule has 0 bridgehead atoms. The molecule has 0 radical (unpaired) electrons. The van der Waals surface area contributed by atoms with E-state index in [-0.39, 0.29) is 12.3 Å². The van der Waals surface area contributed by atoms with E-state index in [0.717, 1.165) is 6.42 Å². The topological polar surface area (TPSA) is 121 Å². The van der Waals surface area contributed by atoms with E-state index in [1.54, 1.807) is 18.2 Å². The first-order valence-corrected chi connectivity index (χ1v) is 8.30. The van der Waals surface area contributed by atoms with Crippen molar-refractivity contribution in [3.8, 4) is 5.75 Å². The van der Waals surface area contributed by atoms with E-state index in [4.69, 9.17) is 19.6 Å². The second-order valence-electron chi connectivity index (χ2n) is 6.12. The number of hydrogen-bond acceptors (Lipinski definition) is 6. The van der Waals surface area contributed by atoms with Crippen molar-refractivity contribution in [1.29, 1.82) is 0 Å². The Hall–Kier alpha value is -2.87. The fourth-order valence-electron chi connectivity index (χ4n) is 3.00. The smallest absolute Gasteiger partial charge is 0.336 e. The summed E-state index contributed by atoms with van der Waals surface area (Å²) in [6.45, 7) is 0.519. The summed E-state index contributed by atoms with van der Waals surface area (Å²) >= 11 is 0. The summed E-state index contributed by atoms with van der Waals surface area (Å²) in [6.07, 6.45) is 0.904. The predicted molar refractivity (Wildman–Crippen MR) is 92.8 cm³/mol. The number of amides is 2. The molecule has 26 heavy (non-hydrogen) atoms. The Morgan fingerprint density at radius 2 is 2.19 bits per heavy atom. The van der Waals surface area contributed by atoms with E-state index in [1.807, 2.05) is 0 Å². The monoisotopic (exact) mass is 360 g/mol. The van der Waals surface area contributed by atoms with Crippen LogP contribution in [0.25, 0.3) is 11.0 Å². The molecule has 0 spiro atoms. The van der Waals surface area contributed by atoms with E-state index in [0.29, 0.717) is 35.3 Å². The van der Waals surface area contributed by atoms with Crippen molar-refractivity contribution >= 4 is 22.8 Å². The fourth-order valence-corrected chi connectivity index (χ4v) is 3.00. The van der Waals surface area contributed by atoms with Crippen molar-refractivity contribution in [1.82, 2.24) is 5.32 Å². The molecule has 2 amide bonds. The number of rotatable bonds is 6. The highest BCUT2D eigenvalue weighted by molar-refractivity contribution is 5.90. The first kappa shape index (κ1) is 17.9. The first-order valence-electron chi connectivity index (χ1n) is 8.30. The molecule has 1 aromatic carbocycles. The maximum atomic E-state index is 12.2. The Morgan fingerprint density at radius 3 is 2.85 bits per heavy atom. The Kier molecular flexibility index (Phi) is 5.22. The van der Waals surface area contributed by atoms with Crippen molar-refractivity contribution in [3.63, 3.8) is 0 Å². The fraction of sp³-hybridized carbons (Fsp3) is 0.389. The average molecular weight is 360 g/mol. The first-order chi connectivity index (χ1) is 12.5. The molecule has 1 aromatic heterocycles. The predicted octanol–water partition coefficient (Wildman–Crippen LogP) is 0.493. The number of hydrogen-bond donors (Lipinski definition) is 2. The van der Waals surface area contributed by atoms with E-state index < -0.39 is 23.7 Å². The molecule has 138 valence electrons. The highest BCUT2D eigenvalue weighted by atomic mass is 16.5. The largest absolute Gasteiger partial charge is 0.497 e. The van der Waals surface area contributed by atoms with Crippen LogP contribution >= 0.6 is 0 Å². The van der Waals surface area contributed by atoms with Gasteiger partial charge in [-0.1, -0.05) is 0 Å². The lowest BCUT2D eigenvalue weighted by molar-refractivity contribution is -0.133. The van der Waals surface area contributed by atoms with Crippen LogP contribution in [0, 0.1) is 0 Å². The number of nitrogens with two attached hydrogens (primary N) is 1. The standard InChI is InChI=1S/C18H20N2O6/c1-24-11-4-5-12-10(8-16(21)26-15(12)9-11)7-13(17(19)22)20-18(23)14-3-2-6-25-14/h4-5,8-9,13-14H,2-3,6-7H2,1H3,(H2,19,22)(H,20,23)/t13-,14+/m0/s1. The van der Waals surface area contributed by atoms with Gasteiger partial charge in [-0.3, -0.25) is 9.59 Å². The van der Waals surface area contributed by atoms with Crippen LogP contribution in [0.1, 0.15) is 18.4 Å². The number of ether oxygens (including phenoxy) is 2. The Bertz CT molecular complexity index is 885. The quantitative estimate of drug-likeness (QED) is 0.724. The molecule has 8 nitrogen and oxygen atoms in total. The lowest BCUT2D eigenvalue weighted by atomic mass is 10.0. The van der Waals surface area contributed by atoms with Crippen molar-refractivity contribution in [2.24, 2.45) is 5.73 Å². The van der Waals surface area contributed by atoms with Gasteiger partial charge in [-0.2, -0.15) is 0 Å². The average Bonchev–Trinajstić information content (AvgIpc) is 3.14. The van der Waals surface area contributed by atoms with Crippen LogP contribution in [0.3, 0.4) is 0 Å². The molecule has 0 aliphatic carbocycles. The summed E-state index contributed by atoms with van der Waals surface area (Å²) in [6, 6.07) is 5.37. The molecule has 1 fully saturated rings. The van der Waals surface area contributed by atoms with E-state index in [1.165, 1.54) is 13.2 Å². The van der Waals surface area contributed by atoms with Gasteiger partial charge < -0.3 is 24.9 Å². The molecule has 3 rings (SSSR count). The minimum Gasteiger partial charge on any atom is -0.497 e. The maximum absolute atomic E-state index is 12.2. The second-order valence-corrected chi connectivity index (χ2v) is 6.12. The lowest BCUT2D eigenvalue weighted by Crippen LogP contribution is -2.49. The third-order valence-corrected chi connectivity index (χ3v) is 4.34. The summed E-state index contributed by atoms with van der Waals surface area (Å²) < 4.78 is 15.6. The molecule has 0 unspecified atom stereocenters. The Balaban J connectivity index is 1.87. The summed E-state index contributed by atoms with van der Waals surface area (Å²) in [5.74, 6) is -0.526. The van der Waals surface area contributed by atoms with Gasteiger partial charge in [0.2, 0.25) is 11.8 Å². The Labute approximate surface area is 149 Å². The molecule has 8 heteroatoms. The zero-order valence-electron chi connectivity index (χ0n) is 14.3. The van der Waals surface area contributed by atoms with Gasteiger partial charge in [-0.05, 0) is 30.5 Å². The van der Waals surface area contributed by atoms with Gasteiger partial charge in [0.15, 0.2) is 0 Å². The molecule has 3 N–H and O–H groups in total. The highest BCUT2D eigenvalue weighted by Gasteiger charge is 2.28. The van der Waals surface area contributed by atoms with Gasteiger partial charge in [0.1, 0.15) is 23.5 Å². The minimum atomic E-state index is -0.959. The number of carbonyl (C=O) groups is 2. The van der Waals surface area contributed by atoms with Crippen LogP contribution < -0.4 is 21.4 Å². The van der Waals surface area contributed by atoms with Gasteiger partial charge in [0.05, 0.1) is 7.11 Å². The molecular weight excluding hydrogens is 340 g/mol. The maximum Gasteiger partial charge on any atom is 0.336 e. The van der Waals surface area contributed by atoms with Crippen molar-refractivity contribution < 1.29 is 23.5 Å². The summed E-state index contributed by atoms with van der Waals surface area (Å²) in [4.78, 5) is 35.9. The zero-order valence-corrected chi connectivity index (χ0v) is 14.3. The normalized spacial score (nSPS) is 17.8. The number of nitrogens with one attached hydrogen (secondary N) is 1. The SMILES string of the molecule is COc1ccc2c(C[C@H](NC(=O)[C@H]3CCCO3)C(N)=O)cc(=O)oc2c1. The molecule has 1 saturated heterocycles. The summed E-state index contributed by atoms with van der Waals surface area (Å²) in [5, 5.41) is 3.26. The molecule has 2 atom stereocenters. The third kappa shape index (κ3) is 3.85. The molecule has 1 aliphatic heterocycles. The second kappa shape index (κ2) is 7.57. The van der Waals surface area contributed by atoms with Gasteiger partial charge >= 0.3 is 5.63 Å². The van der Waals surface area contributed by atoms with Crippen LogP contribution in [0.5, 0.6) is 5.75 Å². The van der Waals surface area contributed by atoms with Crippen molar-refractivity contribution in [3.05, 3.63) is 40.2 Å². The van der Waals surface area contributed by atoms with Crippen molar-refractivity contribution in [2.45, 2.75) is 31.4 Å². The van der Waals surface area contributed by atoms with E-state index in [9.17, 15) is 14.4 Å². The number of primary amides is 1. The van der Waals surface area contributed by atoms with Crippen LogP contribution in [0.15, 0.2) is 33.5 Å². The molecular formula is C18H20N2O6. The van der Waals surface area contributed by atoms with Gasteiger partial charge in [0.25, 0.3) is 0 Å².